The van der Waals surface area contributed by atoms with Gasteiger partial charge in [0.1, 0.15) is 16.8 Å². The zero-order chi connectivity index (χ0) is 13.8. The molecule has 100 valence electrons. The summed E-state index contributed by atoms with van der Waals surface area (Å²) in [6, 6.07) is 8.23. The zero-order valence-corrected chi connectivity index (χ0v) is 12.2. The Morgan fingerprint density at radius 2 is 2.05 bits per heavy atom. The second kappa shape index (κ2) is 6.21. The van der Waals surface area contributed by atoms with Gasteiger partial charge in [-0.2, -0.15) is 0 Å². The quantitative estimate of drug-likeness (QED) is 0.482. The normalized spacial score (nSPS) is 10.5. The lowest BCUT2D eigenvalue weighted by molar-refractivity contribution is 0.625. The number of halogens is 2. The Labute approximate surface area is 120 Å². The van der Waals surface area contributed by atoms with E-state index in [0.717, 1.165) is 0 Å². The van der Waals surface area contributed by atoms with Gasteiger partial charge in [-0.25, -0.2) is 14.4 Å². The van der Waals surface area contributed by atoms with E-state index in [1.165, 1.54) is 17.8 Å². The topological polar surface area (TPSA) is 29.0 Å². The molecule has 2 aromatic rings. The monoisotopic (exact) mass is 297 g/mol. The van der Waals surface area contributed by atoms with Crippen molar-refractivity contribution >= 4 is 34.9 Å². The molecule has 19 heavy (non-hydrogen) atoms. The SMILES string of the molecule is CCN(c1cc(Cl)nc(SC)n1)c1ccccc1F. The van der Waals surface area contributed by atoms with Crippen LogP contribution < -0.4 is 4.90 Å². The molecule has 0 N–H and O–H groups in total. The number of hydrogen-bond acceptors (Lipinski definition) is 4. The number of anilines is 2. The molecule has 1 aromatic carbocycles. The second-order valence-corrected chi connectivity index (χ2v) is 4.89. The molecule has 0 radical (unpaired) electrons. The lowest BCUT2D eigenvalue weighted by Gasteiger charge is -2.22. The minimum absolute atomic E-state index is 0.287. The lowest BCUT2D eigenvalue weighted by Crippen LogP contribution is -2.19. The average Bonchev–Trinajstić information content (AvgIpc) is 2.41. The summed E-state index contributed by atoms with van der Waals surface area (Å²) in [5.41, 5.74) is 0.479. The number of aromatic nitrogens is 2. The van der Waals surface area contributed by atoms with E-state index in [0.29, 0.717) is 28.4 Å². The Balaban J connectivity index is 2.48. The number of rotatable bonds is 4. The van der Waals surface area contributed by atoms with Gasteiger partial charge in [0.2, 0.25) is 0 Å². The van der Waals surface area contributed by atoms with E-state index in [1.54, 1.807) is 29.2 Å². The average molecular weight is 298 g/mol. The van der Waals surface area contributed by atoms with E-state index in [-0.39, 0.29) is 5.82 Å². The molecule has 2 rings (SSSR count). The molecule has 1 heterocycles. The number of hydrogen-bond donors (Lipinski definition) is 0. The standard InChI is InChI=1S/C13H13ClFN3S/c1-3-18(10-7-5-4-6-9(10)15)12-8-11(14)16-13(17-12)19-2/h4-8H,3H2,1-2H3. The van der Waals surface area contributed by atoms with Crippen molar-refractivity contribution in [1.82, 2.24) is 9.97 Å². The first-order valence-corrected chi connectivity index (χ1v) is 7.36. The van der Waals surface area contributed by atoms with Crippen LogP contribution in [-0.4, -0.2) is 22.8 Å². The third kappa shape index (κ3) is 3.16. The fraction of sp³-hybridized carbons (Fsp3) is 0.231. The van der Waals surface area contributed by atoms with Gasteiger partial charge in [-0.3, -0.25) is 0 Å². The summed E-state index contributed by atoms with van der Waals surface area (Å²) in [6.07, 6.45) is 1.87. The van der Waals surface area contributed by atoms with Gasteiger partial charge in [-0.05, 0) is 25.3 Å². The molecule has 6 heteroatoms. The van der Waals surface area contributed by atoms with Crippen molar-refractivity contribution in [2.45, 2.75) is 12.1 Å². The maximum Gasteiger partial charge on any atom is 0.190 e. The van der Waals surface area contributed by atoms with Crippen molar-refractivity contribution in [3.05, 3.63) is 41.3 Å². The highest BCUT2D eigenvalue weighted by molar-refractivity contribution is 7.98. The highest BCUT2D eigenvalue weighted by Gasteiger charge is 2.14. The van der Waals surface area contributed by atoms with Crippen LogP contribution in [0.1, 0.15) is 6.92 Å². The second-order valence-electron chi connectivity index (χ2n) is 3.73. The van der Waals surface area contributed by atoms with Gasteiger partial charge >= 0.3 is 0 Å². The summed E-state index contributed by atoms with van der Waals surface area (Å²) < 4.78 is 13.9. The minimum atomic E-state index is -0.287. The first-order chi connectivity index (χ1) is 9.15. The molecule has 3 nitrogen and oxygen atoms in total. The Hall–Kier alpha value is -1.33. The largest absolute Gasteiger partial charge is 0.324 e. The van der Waals surface area contributed by atoms with Crippen LogP contribution in [0.5, 0.6) is 0 Å². The molecule has 0 aliphatic carbocycles. The van der Waals surface area contributed by atoms with Crippen LogP contribution in [0.2, 0.25) is 5.15 Å². The maximum absolute atomic E-state index is 13.9. The van der Waals surface area contributed by atoms with Gasteiger partial charge in [0.25, 0.3) is 0 Å². The van der Waals surface area contributed by atoms with Gasteiger partial charge in [0.15, 0.2) is 5.16 Å². The molecular weight excluding hydrogens is 285 g/mol. The third-order valence-corrected chi connectivity index (χ3v) is 3.32. The molecule has 0 unspecified atom stereocenters. The van der Waals surface area contributed by atoms with Crippen molar-refractivity contribution in [3.63, 3.8) is 0 Å². The number of thioether (sulfide) groups is 1. The van der Waals surface area contributed by atoms with Crippen LogP contribution in [-0.2, 0) is 0 Å². The van der Waals surface area contributed by atoms with Gasteiger partial charge in [-0.1, -0.05) is 35.5 Å². The number of para-hydroxylation sites is 1. The van der Waals surface area contributed by atoms with Crippen molar-refractivity contribution in [3.8, 4) is 0 Å². The summed E-state index contributed by atoms with van der Waals surface area (Å²) >= 11 is 7.37. The van der Waals surface area contributed by atoms with Gasteiger partial charge in [-0.15, -0.1) is 0 Å². The van der Waals surface area contributed by atoms with Gasteiger partial charge in [0, 0.05) is 12.6 Å². The van der Waals surface area contributed by atoms with E-state index in [1.807, 2.05) is 13.2 Å². The summed E-state index contributed by atoms with van der Waals surface area (Å²) in [5, 5.41) is 0.918. The molecule has 0 saturated heterocycles. The van der Waals surface area contributed by atoms with Gasteiger partial charge < -0.3 is 4.90 Å². The molecule has 0 aliphatic heterocycles. The number of benzene rings is 1. The smallest absolute Gasteiger partial charge is 0.190 e. The molecule has 1 aromatic heterocycles. The lowest BCUT2D eigenvalue weighted by atomic mass is 10.2. The molecule has 0 spiro atoms. The molecule has 0 saturated carbocycles. The van der Waals surface area contributed by atoms with Crippen LogP contribution in [0.25, 0.3) is 0 Å². The zero-order valence-electron chi connectivity index (χ0n) is 10.6. The van der Waals surface area contributed by atoms with Crippen molar-refractivity contribution in [2.75, 3.05) is 17.7 Å². The molecule has 0 amide bonds. The van der Waals surface area contributed by atoms with Crippen molar-refractivity contribution < 1.29 is 4.39 Å². The van der Waals surface area contributed by atoms with Crippen molar-refractivity contribution in [2.24, 2.45) is 0 Å². The predicted octanol–water partition coefficient (Wildman–Crippen LogP) is 4.15. The highest BCUT2D eigenvalue weighted by Crippen LogP contribution is 2.28. The van der Waals surface area contributed by atoms with Crippen LogP contribution in [0.15, 0.2) is 35.5 Å². The highest BCUT2D eigenvalue weighted by atomic mass is 35.5. The van der Waals surface area contributed by atoms with E-state index >= 15 is 0 Å². The van der Waals surface area contributed by atoms with Crippen molar-refractivity contribution in [1.29, 1.82) is 0 Å². The van der Waals surface area contributed by atoms with Crippen LogP contribution in [0.4, 0.5) is 15.9 Å². The Morgan fingerprint density at radius 1 is 1.32 bits per heavy atom. The Kier molecular flexibility index (Phi) is 4.61. The Bertz CT molecular complexity index is 580. The van der Waals surface area contributed by atoms with E-state index < -0.39 is 0 Å². The summed E-state index contributed by atoms with van der Waals surface area (Å²) in [4.78, 5) is 10.2. The third-order valence-electron chi connectivity index (χ3n) is 2.58. The minimum Gasteiger partial charge on any atom is -0.324 e. The summed E-state index contributed by atoms with van der Waals surface area (Å²) in [5.74, 6) is 0.307. The summed E-state index contributed by atoms with van der Waals surface area (Å²) in [6.45, 7) is 2.52. The molecule has 0 atom stereocenters. The van der Waals surface area contributed by atoms with Crippen LogP contribution in [0.3, 0.4) is 0 Å². The molecule has 0 fully saturated rings. The van der Waals surface area contributed by atoms with E-state index in [4.69, 9.17) is 11.6 Å². The first kappa shape index (κ1) is 14.1. The predicted molar refractivity (Wildman–Crippen MR) is 77.9 cm³/mol. The summed E-state index contributed by atoms with van der Waals surface area (Å²) in [7, 11) is 0. The van der Waals surface area contributed by atoms with Crippen LogP contribution >= 0.6 is 23.4 Å². The molecular formula is C13H13ClFN3S. The Morgan fingerprint density at radius 3 is 2.68 bits per heavy atom. The number of nitrogens with zero attached hydrogens (tertiary/aromatic N) is 3. The maximum atomic E-state index is 13.9. The fourth-order valence-electron chi connectivity index (χ4n) is 1.74. The molecule has 0 bridgehead atoms. The first-order valence-electron chi connectivity index (χ1n) is 5.76. The van der Waals surface area contributed by atoms with Crippen LogP contribution in [0, 0.1) is 5.82 Å². The van der Waals surface area contributed by atoms with E-state index in [2.05, 4.69) is 9.97 Å². The molecule has 0 aliphatic rings. The van der Waals surface area contributed by atoms with Gasteiger partial charge in [0.05, 0.1) is 5.69 Å². The van der Waals surface area contributed by atoms with E-state index in [9.17, 15) is 4.39 Å². The fourth-order valence-corrected chi connectivity index (χ4v) is 2.34.